The Morgan fingerprint density at radius 2 is 1.76 bits per heavy atom. The number of aromatic nitrogens is 1. The van der Waals surface area contributed by atoms with Crippen molar-refractivity contribution in [2.45, 2.75) is 19.9 Å². The van der Waals surface area contributed by atoms with Crippen LogP contribution in [-0.4, -0.2) is 49.1 Å². The van der Waals surface area contributed by atoms with E-state index in [9.17, 15) is 23.9 Å². The maximum absolute atomic E-state index is 14.3. The number of hydrogen-bond donors (Lipinski definition) is 1. The number of nitrogens with zero attached hydrogens (tertiary/aromatic N) is 2. The van der Waals surface area contributed by atoms with Crippen molar-refractivity contribution in [1.82, 2.24) is 4.98 Å². The number of aliphatic hydroxyl groups is 1. The number of ketones is 1. The van der Waals surface area contributed by atoms with Gasteiger partial charge in [-0.15, -0.1) is 0 Å². The summed E-state index contributed by atoms with van der Waals surface area (Å²) in [4.78, 5) is 44.5. The lowest BCUT2D eigenvalue weighted by molar-refractivity contribution is -0.132. The minimum Gasteiger partial charge on any atom is -0.507 e. The van der Waals surface area contributed by atoms with Crippen molar-refractivity contribution < 1.29 is 38.1 Å². The van der Waals surface area contributed by atoms with Gasteiger partial charge in [-0.2, -0.15) is 0 Å². The smallest absolute Gasteiger partial charge is 0.350 e. The van der Waals surface area contributed by atoms with Crippen LogP contribution >= 0.6 is 11.3 Å². The minimum absolute atomic E-state index is 0.0251. The van der Waals surface area contributed by atoms with Crippen molar-refractivity contribution >= 4 is 39.9 Å². The number of rotatable bonds is 6. The van der Waals surface area contributed by atoms with Crippen molar-refractivity contribution in [3.63, 3.8) is 0 Å². The average molecular weight is 527 g/mol. The lowest BCUT2D eigenvalue weighted by atomic mass is 9.94. The molecular formula is C26H23FN2O7S. The Labute approximate surface area is 215 Å². The van der Waals surface area contributed by atoms with Gasteiger partial charge in [-0.25, -0.2) is 14.2 Å². The molecule has 37 heavy (non-hydrogen) atoms. The number of carbonyl (C=O) groups is 3. The summed E-state index contributed by atoms with van der Waals surface area (Å²) in [6.07, 6.45) is 0. The maximum atomic E-state index is 14.3. The molecular weight excluding hydrogens is 503 g/mol. The van der Waals surface area contributed by atoms with Crippen LogP contribution in [0.2, 0.25) is 0 Å². The van der Waals surface area contributed by atoms with Gasteiger partial charge in [0.15, 0.2) is 16.6 Å². The van der Waals surface area contributed by atoms with Crippen LogP contribution in [-0.2, 0) is 14.3 Å². The molecule has 0 bridgehead atoms. The van der Waals surface area contributed by atoms with E-state index in [2.05, 4.69) is 4.98 Å². The van der Waals surface area contributed by atoms with Gasteiger partial charge in [-0.05, 0) is 43.2 Å². The Kier molecular flexibility index (Phi) is 6.99. The second kappa shape index (κ2) is 10.0. The first-order valence-corrected chi connectivity index (χ1v) is 11.8. The van der Waals surface area contributed by atoms with E-state index >= 15 is 0 Å². The first kappa shape index (κ1) is 25.8. The van der Waals surface area contributed by atoms with Crippen molar-refractivity contribution in [3.8, 4) is 11.5 Å². The molecule has 1 fully saturated rings. The lowest BCUT2D eigenvalue weighted by Gasteiger charge is -2.23. The highest BCUT2D eigenvalue weighted by Crippen LogP contribution is 2.45. The number of halogens is 1. The van der Waals surface area contributed by atoms with Gasteiger partial charge in [0.25, 0.3) is 5.78 Å². The minimum atomic E-state index is -1.17. The molecule has 3 aromatic rings. The SMILES string of the molecule is COC(=O)c1sc(N2C(=O)C(=O)C(=C(O)c3ccc(C)c(F)c3)C2c2ccc(OC)c(OC)c2)nc1C. The molecule has 11 heteroatoms. The Balaban J connectivity index is 1.98. The fourth-order valence-electron chi connectivity index (χ4n) is 4.03. The molecule has 2 heterocycles. The summed E-state index contributed by atoms with van der Waals surface area (Å²) in [6, 6.07) is 7.59. The topological polar surface area (TPSA) is 115 Å². The summed E-state index contributed by atoms with van der Waals surface area (Å²) in [6.45, 7) is 3.13. The molecule has 4 rings (SSSR count). The van der Waals surface area contributed by atoms with Gasteiger partial charge in [-0.3, -0.25) is 14.5 Å². The Hall–Kier alpha value is -4.25. The molecule has 0 radical (unpaired) electrons. The Bertz CT molecular complexity index is 1460. The summed E-state index contributed by atoms with van der Waals surface area (Å²) in [7, 11) is 4.11. The number of methoxy groups -OCH3 is 3. The van der Waals surface area contributed by atoms with Crippen molar-refractivity contribution in [3.05, 3.63) is 75.0 Å². The van der Waals surface area contributed by atoms with E-state index < -0.39 is 35.3 Å². The number of thiazole rings is 1. The van der Waals surface area contributed by atoms with E-state index in [0.29, 0.717) is 28.3 Å². The highest BCUT2D eigenvalue weighted by molar-refractivity contribution is 7.17. The molecule has 1 saturated heterocycles. The van der Waals surface area contributed by atoms with Gasteiger partial charge in [0, 0.05) is 5.56 Å². The molecule has 1 N–H and O–H groups in total. The summed E-state index contributed by atoms with van der Waals surface area (Å²) >= 11 is 0.872. The highest BCUT2D eigenvalue weighted by Gasteiger charge is 2.48. The van der Waals surface area contributed by atoms with Crippen LogP contribution in [0.5, 0.6) is 11.5 Å². The van der Waals surface area contributed by atoms with E-state index in [1.54, 1.807) is 32.0 Å². The third-order valence-corrected chi connectivity index (χ3v) is 7.11. The molecule has 1 aliphatic heterocycles. The molecule has 0 aliphatic carbocycles. The number of Topliss-reactive ketones (excluding diaryl/α,β-unsaturated/α-hetero) is 1. The van der Waals surface area contributed by atoms with Crippen LogP contribution in [0, 0.1) is 19.7 Å². The summed E-state index contributed by atoms with van der Waals surface area (Å²) in [5.74, 6) is -3.03. The molecule has 1 aromatic heterocycles. The number of aliphatic hydroxyl groups excluding tert-OH is 1. The van der Waals surface area contributed by atoms with Crippen LogP contribution < -0.4 is 14.4 Å². The van der Waals surface area contributed by atoms with Gasteiger partial charge in [-0.1, -0.05) is 29.5 Å². The molecule has 192 valence electrons. The zero-order valence-corrected chi connectivity index (χ0v) is 21.4. The summed E-state index contributed by atoms with van der Waals surface area (Å²) < 4.78 is 29.8. The van der Waals surface area contributed by atoms with E-state index in [0.717, 1.165) is 22.3 Å². The molecule has 0 saturated carbocycles. The van der Waals surface area contributed by atoms with Crippen LogP contribution in [0.25, 0.3) is 5.76 Å². The molecule has 0 spiro atoms. The molecule has 1 amide bonds. The molecule has 2 aromatic carbocycles. The number of aryl methyl sites for hydroxylation is 2. The van der Waals surface area contributed by atoms with Gasteiger partial charge < -0.3 is 19.3 Å². The molecule has 1 aliphatic rings. The van der Waals surface area contributed by atoms with E-state index in [4.69, 9.17) is 14.2 Å². The van der Waals surface area contributed by atoms with Crippen LogP contribution in [0.3, 0.4) is 0 Å². The van der Waals surface area contributed by atoms with Crippen molar-refractivity contribution in [2.24, 2.45) is 0 Å². The number of anilines is 1. The number of ether oxygens (including phenoxy) is 3. The molecule has 1 atom stereocenters. The first-order chi connectivity index (χ1) is 17.6. The van der Waals surface area contributed by atoms with Gasteiger partial charge in [0.05, 0.1) is 38.6 Å². The third-order valence-electron chi connectivity index (χ3n) is 5.98. The number of amides is 1. The maximum Gasteiger partial charge on any atom is 0.350 e. The number of esters is 1. The predicted molar refractivity (Wildman–Crippen MR) is 134 cm³/mol. The standard InChI is InChI=1S/C26H23FN2O7S/c1-12-6-7-15(10-16(12)27)21(30)19-20(14-8-9-17(34-3)18(11-14)35-4)29(24(32)22(19)31)26-28-13(2)23(37-26)25(33)36-5/h6-11,20,30H,1-5H3. The van der Waals surface area contributed by atoms with E-state index in [-0.39, 0.29) is 21.1 Å². The zero-order chi connectivity index (χ0) is 27.0. The van der Waals surface area contributed by atoms with Gasteiger partial charge in [0.2, 0.25) is 0 Å². The van der Waals surface area contributed by atoms with Gasteiger partial charge in [0.1, 0.15) is 16.5 Å². The van der Waals surface area contributed by atoms with Crippen LogP contribution in [0.4, 0.5) is 9.52 Å². The highest BCUT2D eigenvalue weighted by atomic mass is 32.1. The Morgan fingerprint density at radius 1 is 1.05 bits per heavy atom. The third kappa shape index (κ3) is 4.42. The fourth-order valence-corrected chi connectivity index (χ4v) is 5.04. The Morgan fingerprint density at radius 3 is 2.38 bits per heavy atom. The number of hydrogen-bond acceptors (Lipinski definition) is 9. The predicted octanol–water partition coefficient (Wildman–Crippen LogP) is 4.33. The second-order valence-corrected chi connectivity index (χ2v) is 9.13. The molecule has 9 nitrogen and oxygen atoms in total. The summed E-state index contributed by atoms with van der Waals surface area (Å²) in [5.41, 5.74) is 0.797. The number of carbonyl (C=O) groups excluding carboxylic acids is 3. The second-order valence-electron chi connectivity index (χ2n) is 8.15. The monoisotopic (exact) mass is 526 g/mol. The fraction of sp³-hybridized carbons (Fsp3) is 0.231. The van der Waals surface area contributed by atoms with Crippen molar-refractivity contribution in [2.75, 3.05) is 26.2 Å². The normalized spacial score (nSPS) is 16.7. The van der Waals surface area contributed by atoms with Crippen LogP contribution in [0.1, 0.15) is 38.1 Å². The average Bonchev–Trinajstić information content (AvgIpc) is 3.40. The first-order valence-electron chi connectivity index (χ1n) is 11.0. The van der Waals surface area contributed by atoms with Crippen LogP contribution in [0.15, 0.2) is 42.0 Å². The largest absolute Gasteiger partial charge is 0.507 e. The lowest BCUT2D eigenvalue weighted by Crippen LogP contribution is -2.29. The van der Waals surface area contributed by atoms with Crippen molar-refractivity contribution in [1.29, 1.82) is 0 Å². The number of benzene rings is 2. The quantitative estimate of drug-likeness (QED) is 0.218. The van der Waals surface area contributed by atoms with E-state index in [1.165, 1.54) is 33.5 Å². The van der Waals surface area contributed by atoms with Gasteiger partial charge >= 0.3 is 11.9 Å². The summed E-state index contributed by atoms with van der Waals surface area (Å²) in [5, 5.41) is 11.2. The van der Waals surface area contributed by atoms with E-state index in [1.807, 2.05) is 0 Å². The molecule has 1 unspecified atom stereocenters. The zero-order valence-electron chi connectivity index (χ0n) is 20.6.